The smallest absolute Gasteiger partial charge is 0.0736 e. The fourth-order valence-electron chi connectivity index (χ4n) is 1.81. The number of rotatable bonds is 0. The number of aliphatic hydroxyl groups is 1. The molecule has 13 heavy (non-hydrogen) atoms. The van der Waals surface area contributed by atoms with E-state index in [-0.39, 0.29) is 6.04 Å². The van der Waals surface area contributed by atoms with Gasteiger partial charge in [-0.2, -0.15) is 0 Å². The fraction of sp³-hybridized carbons (Fsp3) is 0.400. The van der Waals surface area contributed by atoms with Gasteiger partial charge in [-0.3, -0.25) is 0 Å². The average molecular weight is 198 g/mol. The van der Waals surface area contributed by atoms with Gasteiger partial charge in [0.25, 0.3) is 0 Å². The third-order valence-corrected chi connectivity index (χ3v) is 2.82. The first-order valence-electron chi connectivity index (χ1n) is 4.40. The lowest BCUT2D eigenvalue weighted by Gasteiger charge is -2.27. The van der Waals surface area contributed by atoms with E-state index < -0.39 is 6.10 Å². The van der Waals surface area contributed by atoms with Gasteiger partial charge in [0.05, 0.1) is 12.1 Å². The third-order valence-electron chi connectivity index (χ3n) is 2.59. The van der Waals surface area contributed by atoms with Crippen molar-refractivity contribution in [2.45, 2.75) is 25.0 Å². The molecule has 0 radical (unpaired) electrons. The normalized spacial score (nSPS) is 27.0. The molecule has 0 aliphatic heterocycles. The lowest BCUT2D eigenvalue weighted by molar-refractivity contribution is 0.128. The highest BCUT2D eigenvalue weighted by Gasteiger charge is 2.24. The number of halogens is 1. The van der Waals surface area contributed by atoms with Crippen molar-refractivity contribution in [2.75, 3.05) is 0 Å². The molecule has 2 nitrogen and oxygen atoms in total. The first-order chi connectivity index (χ1) is 6.18. The van der Waals surface area contributed by atoms with Gasteiger partial charge in [-0.15, -0.1) is 0 Å². The lowest BCUT2D eigenvalue weighted by atomic mass is 9.86. The Balaban J connectivity index is 2.44. The largest absolute Gasteiger partial charge is 0.391 e. The monoisotopic (exact) mass is 197 g/mol. The van der Waals surface area contributed by atoms with Crippen molar-refractivity contribution in [3.8, 4) is 0 Å². The highest BCUT2D eigenvalue weighted by atomic mass is 35.5. The third kappa shape index (κ3) is 1.57. The first kappa shape index (κ1) is 9.00. The van der Waals surface area contributed by atoms with Gasteiger partial charge < -0.3 is 10.8 Å². The van der Waals surface area contributed by atoms with Gasteiger partial charge in [0.1, 0.15) is 0 Å². The molecule has 1 aliphatic carbocycles. The quantitative estimate of drug-likeness (QED) is 0.665. The molecule has 2 atom stereocenters. The van der Waals surface area contributed by atoms with Crippen molar-refractivity contribution in [1.82, 2.24) is 0 Å². The molecule has 0 heterocycles. The minimum absolute atomic E-state index is 0.249. The van der Waals surface area contributed by atoms with Crippen molar-refractivity contribution >= 4 is 11.6 Å². The van der Waals surface area contributed by atoms with Crippen LogP contribution in [0.5, 0.6) is 0 Å². The number of nitrogens with two attached hydrogens (primary N) is 1. The van der Waals surface area contributed by atoms with E-state index in [4.69, 9.17) is 17.3 Å². The average Bonchev–Trinajstić information content (AvgIpc) is 2.12. The van der Waals surface area contributed by atoms with Crippen molar-refractivity contribution in [2.24, 2.45) is 5.73 Å². The predicted molar refractivity (Wildman–Crippen MR) is 52.7 cm³/mol. The van der Waals surface area contributed by atoms with Crippen LogP contribution in [-0.4, -0.2) is 11.2 Å². The second-order valence-electron chi connectivity index (χ2n) is 3.47. The van der Waals surface area contributed by atoms with Crippen LogP contribution in [0.3, 0.4) is 0 Å². The second-order valence-corrected chi connectivity index (χ2v) is 3.91. The number of benzene rings is 1. The van der Waals surface area contributed by atoms with Gasteiger partial charge in [0.2, 0.25) is 0 Å². The molecule has 0 unspecified atom stereocenters. The highest BCUT2D eigenvalue weighted by Crippen LogP contribution is 2.29. The summed E-state index contributed by atoms with van der Waals surface area (Å²) < 4.78 is 0. The molecule has 70 valence electrons. The molecule has 1 aliphatic rings. The number of aryl methyl sites for hydroxylation is 1. The zero-order valence-corrected chi connectivity index (χ0v) is 7.96. The minimum atomic E-state index is -0.409. The lowest BCUT2D eigenvalue weighted by Crippen LogP contribution is -2.31. The molecule has 1 aromatic carbocycles. The molecule has 2 rings (SSSR count). The van der Waals surface area contributed by atoms with Gasteiger partial charge in [-0.25, -0.2) is 0 Å². The van der Waals surface area contributed by atoms with Crippen LogP contribution in [-0.2, 0) is 6.42 Å². The Hall–Kier alpha value is -0.570. The van der Waals surface area contributed by atoms with Crippen LogP contribution in [0.2, 0.25) is 5.02 Å². The van der Waals surface area contributed by atoms with Crippen LogP contribution in [0.15, 0.2) is 18.2 Å². The molecule has 0 saturated heterocycles. The summed E-state index contributed by atoms with van der Waals surface area (Å²) in [5.74, 6) is 0. The van der Waals surface area contributed by atoms with E-state index in [1.54, 1.807) is 0 Å². The summed E-state index contributed by atoms with van der Waals surface area (Å²) in [5, 5.41) is 10.3. The van der Waals surface area contributed by atoms with Gasteiger partial charge in [0, 0.05) is 5.02 Å². The van der Waals surface area contributed by atoms with Gasteiger partial charge in [0.15, 0.2) is 0 Å². The van der Waals surface area contributed by atoms with Crippen LogP contribution in [0, 0.1) is 0 Å². The molecule has 3 N–H and O–H groups in total. The highest BCUT2D eigenvalue weighted by molar-refractivity contribution is 6.30. The second kappa shape index (κ2) is 3.29. The topological polar surface area (TPSA) is 46.2 Å². The Labute approximate surface area is 82.3 Å². The number of hydrogen-bond acceptors (Lipinski definition) is 2. The zero-order valence-electron chi connectivity index (χ0n) is 7.20. The first-order valence-corrected chi connectivity index (χ1v) is 4.78. The molecule has 1 aromatic rings. The predicted octanol–water partition coefficient (Wildman–Crippen LogP) is 1.65. The van der Waals surface area contributed by atoms with Crippen molar-refractivity contribution in [3.05, 3.63) is 34.3 Å². The summed E-state index contributed by atoms with van der Waals surface area (Å²) in [6, 6.07) is 5.41. The maximum Gasteiger partial charge on any atom is 0.0736 e. The van der Waals surface area contributed by atoms with E-state index in [2.05, 4.69) is 0 Å². The summed E-state index contributed by atoms with van der Waals surface area (Å²) in [7, 11) is 0. The Morgan fingerprint density at radius 2 is 2.23 bits per heavy atom. The Bertz CT molecular complexity index is 327. The Morgan fingerprint density at radius 3 is 3.00 bits per heavy atom. The van der Waals surface area contributed by atoms with Crippen LogP contribution in [0.25, 0.3) is 0 Å². The summed E-state index contributed by atoms with van der Waals surface area (Å²) in [6.45, 7) is 0. The maximum absolute atomic E-state index is 9.54. The number of aliphatic hydroxyl groups excluding tert-OH is 1. The van der Waals surface area contributed by atoms with Crippen molar-refractivity contribution in [3.63, 3.8) is 0 Å². The molecule has 3 heteroatoms. The van der Waals surface area contributed by atoms with Gasteiger partial charge >= 0.3 is 0 Å². The SMILES string of the molecule is N[C@H]1c2ccc(Cl)cc2CC[C@H]1O. The molecular weight excluding hydrogens is 186 g/mol. The number of hydrogen-bond donors (Lipinski definition) is 2. The molecule has 0 spiro atoms. The molecule has 0 amide bonds. The van der Waals surface area contributed by atoms with E-state index >= 15 is 0 Å². The summed E-state index contributed by atoms with van der Waals surface area (Å²) >= 11 is 5.86. The standard InChI is InChI=1S/C10H12ClNO/c11-7-2-3-8-6(5-7)1-4-9(13)10(8)12/h2-3,5,9-10,13H,1,4,12H2/t9-,10+/m1/s1. The fourth-order valence-corrected chi connectivity index (χ4v) is 2.00. The van der Waals surface area contributed by atoms with Gasteiger partial charge in [-0.1, -0.05) is 17.7 Å². The summed E-state index contributed by atoms with van der Waals surface area (Å²) in [4.78, 5) is 0. The minimum Gasteiger partial charge on any atom is -0.391 e. The van der Waals surface area contributed by atoms with Crippen molar-refractivity contribution in [1.29, 1.82) is 0 Å². The van der Waals surface area contributed by atoms with E-state index in [9.17, 15) is 5.11 Å². The van der Waals surface area contributed by atoms with Crippen molar-refractivity contribution < 1.29 is 5.11 Å². The summed E-state index contributed by atoms with van der Waals surface area (Å²) in [6.07, 6.45) is 1.19. The van der Waals surface area contributed by atoms with Crippen LogP contribution >= 0.6 is 11.6 Å². The molecule has 0 bridgehead atoms. The molecule has 0 aromatic heterocycles. The number of fused-ring (bicyclic) bond motifs is 1. The molecular formula is C10H12ClNO. The van der Waals surface area contributed by atoms with E-state index in [1.807, 2.05) is 18.2 Å². The van der Waals surface area contributed by atoms with Crippen LogP contribution in [0.4, 0.5) is 0 Å². The molecule has 0 fully saturated rings. The summed E-state index contributed by atoms with van der Waals surface area (Å²) in [5.41, 5.74) is 8.05. The van der Waals surface area contributed by atoms with E-state index in [0.717, 1.165) is 23.4 Å². The molecule has 0 saturated carbocycles. The maximum atomic E-state index is 9.54. The van der Waals surface area contributed by atoms with Gasteiger partial charge in [-0.05, 0) is 36.1 Å². The van der Waals surface area contributed by atoms with Crippen LogP contribution in [0.1, 0.15) is 23.6 Å². The van der Waals surface area contributed by atoms with E-state index in [1.165, 1.54) is 5.56 Å². The van der Waals surface area contributed by atoms with E-state index in [0.29, 0.717) is 0 Å². The Kier molecular flexibility index (Phi) is 2.28. The Morgan fingerprint density at radius 1 is 1.46 bits per heavy atom. The van der Waals surface area contributed by atoms with Crippen LogP contribution < -0.4 is 5.73 Å². The zero-order chi connectivity index (χ0) is 9.42.